The lowest BCUT2D eigenvalue weighted by Gasteiger charge is -2.55. The maximum atomic E-state index is 12.5. The molecule has 2 unspecified atom stereocenters. The number of carbonyl (C=O) groups is 2. The Kier molecular flexibility index (Phi) is 3.15. The van der Waals surface area contributed by atoms with Crippen molar-refractivity contribution in [1.29, 1.82) is 0 Å². The zero-order chi connectivity index (χ0) is 15.5. The Hall–Kier alpha value is -1.30. The van der Waals surface area contributed by atoms with Crippen LogP contribution in [-0.2, 0) is 9.53 Å². The standard InChI is InChI=1S/C16H23NO5/c18-12-1-2-17(13(12)14(19)20)15(21)22-16-6-9-3-10(7-16)5-11(4-9)8-16/h9-13,18H,1-8H2,(H,19,20). The van der Waals surface area contributed by atoms with Gasteiger partial charge in [-0.3, -0.25) is 4.90 Å². The molecule has 5 aliphatic rings. The fourth-order valence-electron chi connectivity index (χ4n) is 5.68. The Morgan fingerprint density at radius 2 is 1.59 bits per heavy atom. The van der Waals surface area contributed by atoms with Crippen molar-refractivity contribution in [2.24, 2.45) is 17.8 Å². The summed E-state index contributed by atoms with van der Waals surface area (Å²) >= 11 is 0. The van der Waals surface area contributed by atoms with Gasteiger partial charge in [-0.1, -0.05) is 0 Å². The Balaban J connectivity index is 1.49. The highest BCUT2D eigenvalue weighted by Crippen LogP contribution is 2.57. The molecule has 5 fully saturated rings. The van der Waals surface area contributed by atoms with Crippen molar-refractivity contribution in [3.05, 3.63) is 0 Å². The van der Waals surface area contributed by atoms with Crippen LogP contribution < -0.4 is 0 Å². The Labute approximate surface area is 129 Å². The van der Waals surface area contributed by atoms with Crippen LogP contribution in [-0.4, -0.2) is 51.5 Å². The van der Waals surface area contributed by atoms with Gasteiger partial charge in [0.15, 0.2) is 6.04 Å². The van der Waals surface area contributed by atoms with Crippen LogP contribution in [0.15, 0.2) is 0 Å². The second kappa shape index (κ2) is 4.85. The summed E-state index contributed by atoms with van der Waals surface area (Å²) in [6.45, 7) is 0.253. The van der Waals surface area contributed by atoms with E-state index in [4.69, 9.17) is 4.74 Å². The van der Waals surface area contributed by atoms with E-state index in [0.717, 1.165) is 19.3 Å². The number of nitrogens with zero attached hydrogens (tertiary/aromatic N) is 1. The molecule has 0 aromatic rings. The van der Waals surface area contributed by atoms with Crippen LogP contribution in [0.25, 0.3) is 0 Å². The number of aliphatic hydroxyl groups excluding tert-OH is 1. The highest BCUT2D eigenvalue weighted by Gasteiger charge is 2.54. The zero-order valence-electron chi connectivity index (χ0n) is 12.6. The molecule has 1 heterocycles. The van der Waals surface area contributed by atoms with Gasteiger partial charge in [-0.2, -0.15) is 0 Å². The van der Waals surface area contributed by atoms with Crippen LogP contribution in [0.4, 0.5) is 4.79 Å². The number of hydrogen-bond donors (Lipinski definition) is 2. The predicted molar refractivity (Wildman–Crippen MR) is 76.1 cm³/mol. The second-order valence-electron chi connectivity index (χ2n) is 7.80. The van der Waals surface area contributed by atoms with E-state index in [1.807, 2.05) is 0 Å². The minimum atomic E-state index is -1.17. The van der Waals surface area contributed by atoms with E-state index in [1.54, 1.807) is 0 Å². The van der Waals surface area contributed by atoms with Gasteiger partial charge in [0.2, 0.25) is 0 Å². The van der Waals surface area contributed by atoms with Gasteiger partial charge in [-0.05, 0) is 62.7 Å². The molecule has 22 heavy (non-hydrogen) atoms. The van der Waals surface area contributed by atoms with E-state index in [-0.39, 0.29) is 12.1 Å². The van der Waals surface area contributed by atoms with Crippen molar-refractivity contribution in [2.45, 2.75) is 62.7 Å². The van der Waals surface area contributed by atoms with Gasteiger partial charge in [0, 0.05) is 6.54 Å². The normalized spacial score (nSPS) is 46.0. The summed E-state index contributed by atoms with van der Waals surface area (Å²) < 4.78 is 5.88. The SMILES string of the molecule is O=C(O)C1C(O)CCN1C(=O)OC12CC3CC(CC(C3)C1)C2. The van der Waals surface area contributed by atoms with Crippen LogP contribution in [0.2, 0.25) is 0 Å². The lowest BCUT2D eigenvalue weighted by atomic mass is 9.54. The summed E-state index contributed by atoms with van der Waals surface area (Å²) in [6.07, 6.45) is 5.32. The Bertz CT molecular complexity index is 469. The molecular formula is C16H23NO5. The third kappa shape index (κ3) is 2.19. The molecule has 2 N–H and O–H groups in total. The minimum Gasteiger partial charge on any atom is -0.480 e. The van der Waals surface area contributed by atoms with Crippen molar-refractivity contribution in [1.82, 2.24) is 4.90 Å². The fraction of sp³-hybridized carbons (Fsp3) is 0.875. The van der Waals surface area contributed by atoms with Gasteiger partial charge < -0.3 is 14.9 Å². The second-order valence-corrected chi connectivity index (χ2v) is 7.80. The highest BCUT2D eigenvalue weighted by atomic mass is 16.6. The maximum absolute atomic E-state index is 12.5. The number of hydrogen-bond acceptors (Lipinski definition) is 4. The predicted octanol–water partition coefficient (Wildman–Crippen LogP) is 1.61. The molecule has 4 saturated carbocycles. The smallest absolute Gasteiger partial charge is 0.411 e. The van der Waals surface area contributed by atoms with E-state index in [9.17, 15) is 19.8 Å². The number of likely N-dealkylation sites (tertiary alicyclic amines) is 1. The topological polar surface area (TPSA) is 87.1 Å². The van der Waals surface area contributed by atoms with Crippen molar-refractivity contribution >= 4 is 12.1 Å². The summed E-state index contributed by atoms with van der Waals surface area (Å²) in [5, 5.41) is 19.0. The van der Waals surface area contributed by atoms with Gasteiger partial charge in [-0.25, -0.2) is 9.59 Å². The van der Waals surface area contributed by atoms with E-state index < -0.39 is 24.2 Å². The van der Waals surface area contributed by atoms with Crippen LogP contribution in [0.5, 0.6) is 0 Å². The number of ether oxygens (including phenoxy) is 1. The molecule has 1 amide bonds. The monoisotopic (exact) mass is 309 g/mol. The summed E-state index contributed by atoms with van der Waals surface area (Å²) in [5.41, 5.74) is -0.373. The van der Waals surface area contributed by atoms with Gasteiger partial charge in [0.05, 0.1) is 6.10 Å². The summed E-state index contributed by atoms with van der Waals surface area (Å²) in [6, 6.07) is -1.17. The van der Waals surface area contributed by atoms with Crippen LogP contribution in [0.1, 0.15) is 44.9 Å². The molecule has 2 atom stereocenters. The Morgan fingerprint density at radius 1 is 1.05 bits per heavy atom. The molecule has 6 nitrogen and oxygen atoms in total. The average Bonchev–Trinajstić information content (AvgIpc) is 2.78. The summed E-state index contributed by atoms with van der Waals surface area (Å²) in [4.78, 5) is 25.0. The third-order valence-electron chi connectivity index (χ3n) is 6.14. The molecule has 5 rings (SSSR count). The van der Waals surface area contributed by atoms with Gasteiger partial charge in [0.25, 0.3) is 0 Å². The van der Waals surface area contributed by atoms with Crippen molar-refractivity contribution in [3.8, 4) is 0 Å². The molecule has 0 spiro atoms. The van der Waals surface area contributed by atoms with Gasteiger partial charge in [0.1, 0.15) is 5.60 Å². The molecule has 0 aromatic heterocycles. The fourth-order valence-corrected chi connectivity index (χ4v) is 5.68. The lowest BCUT2D eigenvalue weighted by Crippen LogP contribution is -2.55. The third-order valence-corrected chi connectivity index (χ3v) is 6.14. The average molecular weight is 309 g/mol. The maximum Gasteiger partial charge on any atom is 0.411 e. The minimum absolute atomic E-state index is 0.253. The quantitative estimate of drug-likeness (QED) is 0.809. The number of carboxylic acid groups (broad SMARTS) is 1. The number of rotatable bonds is 2. The molecule has 1 saturated heterocycles. The van der Waals surface area contributed by atoms with Crippen molar-refractivity contribution < 1.29 is 24.5 Å². The lowest BCUT2D eigenvalue weighted by molar-refractivity contribution is -0.149. The number of carboxylic acids is 1. The molecule has 0 radical (unpaired) electrons. The molecular weight excluding hydrogens is 286 g/mol. The first kappa shape index (κ1) is 14.3. The van der Waals surface area contributed by atoms with Gasteiger partial charge in [-0.15, -0.1) is 0 Å². The molecule has 6 heteroatoms. The zero-order valence-corrected chi connectivity index (χ0v) is 12.6. The molecule has 1 aliphatic heterocycles. The van der Waals surface area contributed by atoms with E-state index >= 15 is 0 Å². The van der Waals surface area contributed by atoms with Gasteiger partial charge >= 0.3 is 12.1 Å². The number of amides is 1. The first-order valence-corrected chi connectivity index (χ1v) is 8.36. The molecule has 122 valence electrons. The number of carbonyl (C=O) groups excluding carboxylic acids is 1. The first-order valence-electron chi connectivity index (χ1n) is 8.36. The highest BCUT2D eigenvalue weighted by molar-refractivity contribution is 5.81. The summed E-state index contributed by atoms with van der Waals surface area (Å²) in [5.74, 6) is 0.836. The largest absolute Gasteiger partial charge is 0.480 e. The van der Waals surface area contributed by atoms with E-state index in [1.165, 1.54) is 24.2 Å². The van der Waals surface area contributed by atoms with Crippen LogP contribution >= 0.6 is 0 Å². The van der Waals surface area contributed by atoms with Crippen LogP contribution in [0.3, 0.4) is 0 Å². The molecule has 0 aromatic carbocycles. The first-order chi connectivity index (χ1) is 10.5. The van der Waals surface area contributed by atoms with Crippen molar-refractivity contribution in [2.75, 3.05) is 6.54 Å². The van der Waals surface area contributed by atoms with Crippen LogP contribution in [0, 0.1) is 17.8 Å². The number of aliphatic carboxylic acids is 1. The van der Waals surface area contributed by atoms with E-state index in [2.05, 4.69) is 0 Å². The molecule has 4 bridgehead atoms. The summed E-state index contributed by atoms with van der Waals surface area (Å²) in [7, 11) is 0. The van der Waals surface area contributed by atoms with E-state index in [0.29, 0.717) is 24.2 Å². The Morgan fingerprint density at radius 3 is 2.09 bits per heavy atom. The molecule has 4 aliphatic carbocycles. The number of aliphatic hydroxyl groups is 1. The van der Waals surface area contributed by atoms with Crippen molar-refractivity contribution in [3.63, 3.8) is 0 Å².